The van der Waals surface area contributed by atoms with E-state index in [1.807, 2.05) is 30.1 Å². The highest BCUT2D eigenvalue weighted by Crippen LogP contribution is 2.23. The maximum Gasteiger partial charge on any atom is 0.222 e. The summed E-state index contributed by atoms with van der Waals surface area (Å²) >= 11 is 6.01. The molecule has 116 valence electrons. The Balaban J connectivity index is 1.65. The minimum absolute atomic E-state index is 0.233. The van der Waals surface area contributed by atoms with Crippen LogP contribution in [0, 0.1) is 5.92 Å². The second-order valence-electron chi connectivity index (χ2n) is 5.43. The van der Waals surface area contributed by atoms with E-state index in [9.17, 15) is 4.79 Å². The average molecular weight is 311 g/mol. The minimum atomic E-state index is 0.233. The van der Waals surface area contributed by atoms with Gasteiger partial charge in [0.1, 0.15) is 5.75 Å². The Morgan fingerprint density at radius 2 is 2.29 bits per heavy atom. The molecule has 1 unspecified atom stereocenters. The van der Waals surface area contributed by atoms with Crippen LogP contribution < -0.4 is 10.1 Å². The average Bonchev–Trinajstić information content (AvgIpc) is 2.94. The highest BCUT2D eigenvalue weighted by Gasteiger charge is 2.25. The summed E-state index contributed by atoms with van der Waals surface area (Å²) in [4.78, 5) is 14.1. The van der Waals surface area contributed by atoms with Gasteiger partial charge in [-0.05, 0) is 44.5 Å². The fourth-order valence-corrected chi connectivity index (χ4v) is 2.83. The monoisotopic (exact) mass is 310 g/mol. The van der Waals surface area contributed by atoms with E-state index in [-0.39, 0.29) is 5.91 Å². The van der Waals surface area contributed by atoms with Gasteiger partial charge in [0, 0.05) is 19.5 Å². The number of carbonyl (C=O) groups is 1. The summed E-state index contributed by atoms with van der Waals surface area (Å²) in [6.07, 6.45) is 2.36. The Hall–Kier alpha value is -1.26. The first-order chi connectivity index (χ1) is 10.2. The zero-order valence-electron chi connectivity index (χ0n) is 12.5. The summed E-state index contributed by atoms with van der Waals surface area (Å²) in [6, 6.07) is 7.40. The highest BCUT2D eigenvalue weighted by molar-refractivity contribution is 6.32. The number of likely N-dealkylation sites (tertiary alicyclic amines) is 1. The number of hydrogen-bond acceptors (Lipinski definition) is 3. The first-order valence-electron chi connectivity index (χ1n) is 7.50. The molecule has 1 aromatic rings. The molecule has 0 saturated carbocycles. The van der Waals surface area contributed by atoms with Gasteiger partial charge in [-0.1, -0.05) is 23.7 Å². The molecule has 0 aliphatic carbocycles. The maximum absolute atomic E-state index is 12.1. The van der Waals surface area contributed by atoms with E-state index in [1.54, 1.807) is 6.07 Å². The number of carbonyl (C=O) groups excluding carboxylic acids is 1. The van der Waals surface area contributed by atoms with Crippen molar-refractivity contribution in [2.75, 3.05) is 33.3 Å². The van der Waals surface area contributed by atoms with E-state index in [0.29, 0.717) is 29.7 Å². The summed E-state index contributed by atoms with van der Waals surface area (Å²) in [5, 5.41) is 3.78. The number of halogens is 1. The number of nitrogens with one attached hydrogen (secondary N) is 1. The van der Waals surface area contributed by atoms with Gasteiger partial charge >= 0.3 is 0 Å². The van der Waals surface area contributed by atoms with Crippen molar-refractivity contribution in [1.29, 1.82) is 0 Å². The number of benzene rings is 1. The maximum atomic E-state index is 12.1. The van der Waals surface area contributed by atoms with E-state index >= 15 is 0 Å². The molecule has 0 spiro atoms. The molecular weight excluding hydrogens is 288 g/mol. The number of nitrogens with zero attached hydrogens (tertiary/aromatic N) is 1. The Labute approximate surface area is 131 Å². The van der Waals surface area contributed by atoms with E-state index in [1.165, 1.54) is 0 Å². The minimum Gasteiger partial charge on any atom is -0.492 e. The molecule has 1 N–H and O–H groups in total. The molecule has 5 heteroatoms. The summed E-state index contributed by atoms with van der Waals surface area (Å²) in [6.45, 7) is 3.27. The third-order valence-electron chi connectivity index (χ3n) is 3.76. The van der Waals surface area contributed by atoms with E-state index < -0.39 is 0 Å². The van der Waals surface area contributed by atoms with Gasteiger partial charge in [0.15, 0.2) is 0 Å². The second kappa shape index (κ2) is 8.25. The Morgan fingerprint density at radius 3 is 3.05 bits per heavy atom. The fourth-order valence-electron chi connectivity index (χ4n) is 2.64. The normalized spacial score (nSPS) is 18.0. The van der Waals surface area contributed by atoms with Gasteiger partial charge in [0.2, 0.25) is 5.91 Å². The molecule has 0 aromatic heterocycles. The van der Waals surface area contributed by atoms with E-state index in [4.69, 9.17) is 16.3 Å². The molecular formula is C16H23ClN2O2. The van der Waals surface area contributed by atoms with Crippen molar-refractivity contribution in [1.82, 2.24) is 10.2 Å². The molecule has 1 atom stereocenters. The third-order valence-corrected chi connectivity index (χ3v) is 4.07. The Morgan fingerprint density at radius 1 is 1.48 bits per heavy atom. The molecule has 1 amide bonds. The number of amides is 1. The van der Waals surface area contributed by atoms with Gasteiger partial charge in [-0.2, -0.15) is 0 Å². The molecule has 1 aliphatic rings. The zero-order chi connectivity index (χ0) is 15.1. The molecule has 1 fully saturated rings. The van der Waals surface area contributed by atoms with Gasteiger partial charge < -0.3 is 15.0 Å². The molecule has 2 rings (SSSR count). The molecule has 0 radical (unpaired) electrons. The zero-order valence-corrected chi connectivity index (χ0v) is 13.2. The predicted molar refractivity (Wildman–Crippen MR) is 84.8 cm³/mol. The number of para-hydroxylation sites is 1. The first-order valence-corrected chi connectivity index (χ1v) is 7.88. The lowest BCUT2D eigenvalue weighted by Crippen LogP contribution is -2.30. The summed E-state index contributed by atoms with van der Waals surface area (Å²) in [5.74, 6) is 1.51. The summed E-state index contributed by atoms with van der Waals surface area (Å²) in [7, 11) is 1.95. The van der Waals surface area contributed by atoms with Crippen molar-refractivity contribution in [2.45, 2.75) is 19.3 Å². The van der Waals surface area contributed by atoms with Gasteiger partial charge in [-0.15, -0.1) is 0 Å². The van der Waals surface area contributed by atoms with Crippen LogP contribution in [0.2, 0.25) is 5.02 Å². The smallest absolute Gasteiger partial charge is 0.222 e. The van der Waals surface area contributed by atoms with Gasteiger partial charge in [-0.3, -0.25) is 4.79 Å². The van der Waals surface area contributed by atoms with Gasteiger partial charge in [0.25, 0.3) is 0 Å². The van der Waals surface area contributed by atoms with Crippen molar-refractivity contribution < 1.29 is 9.53 Å². The standard InChI is InChI=1S/C16H23ClN2O2/c1-18-11-13-8-9-19(12-13)16(20)7-4-10-21-15-6-3-2-5-14(15)17/h2-3,5-6,13,18H,4,7-12H2,1H3. The van der Waals surface area contributed by atoms with Crippen LogP contribution in [-0.4, -0.2) is 44.1 Å². The Bertz CT molecular complexity index is 467. The molecule has 1 saturated heterocycles. The summed E-state index contributed by atoms with van der Waals surface area (Å²) < 4.78 is 5.60. The van der Waals surface area contributed by atoms with Crippen LogP contribution in [0.5, 0.6) is 5.75 Å². The van der Waals surface area contributed by atoms with Crippen LogP contribution in [0.1, 0.15) is 19.3 Å². The lowest BCUT2D eigenvalue weighted by molar-refractivity contribution is -0.130. The van der Waals surface area contributed by atoms with E-state index in [2.05, 4.69) is 5.32 Å². The fraction of sp³-hybridized carbons (Fsp3) is 0.562. The van der Waals surface area contributed by atoms with E-state index in [0.717, 1.165) is 32.5 Å². The second-order valence-corrected chi connectivity index (χ2v) is 5.84. The van der Waals surface area contributed by atoms with Crippen molar-refractivity contribution in [2.24, 2.45) is 5.92 Å². The van der Waals surface area contributed by atoms with Crippen molar-refractivity contribution in [3.63, 3.8) is 0 Å². The van der Waals surface area contributed by atoms with Crippen LogP contribution in [-0.2, 0) is 4.79 Å². The first kappa shape index (κ1) is 16.1. The topological polar surface area (TPSA) is 41.6 Å². The SMILES string of the molecule is CNCC1CCN(C(=O)CCCOc2ccccc2Cl)C1. The van der Waals surface area contributed by atoms with Crippen molar-refractivity contribution >= 4 is 17.5 Å². The Kier molecular flexibility index (Phi) is 6.33. The highest BCUT2D eigenvalue weighted by atomic mass is 35.5. The predicted octanol–water partition coefficient (Wildman–Crippen LogP) is 2.57. The van der Waals surface area contributed by atoms with Gasteiger partial charge in [-0.25, -0.2) is 0 Å². The summed E-state index contributed by atoms with van der Waals surface area (Å²) in [5.41, 5.74) is 0. The van der Waals surface area contributed by atoms with Gasteiger partial charge in [0.05, 0.1) is 11.6 Å². The quantitative estimate of drug-likeness (QED) is 0.787. The molecule has 4 nitrogen and oxygen atoms in total. The molecule has 0 bridgehead atoms. The number of hydrogen-bond donors (Lipinski definition) is 1. The molecule has 1 aromatic carbocycles. The van der Waals surface area contributed by atoms with Crippen LogP contribution in [0.3, 0.4) is 0 Å². The van der Waals surface area contributed by atoms with Crippen molar-refractivity contribution in [3.05, 3.63) is 29.3 Å². The molecule has 1 aliphatic heterocycles. The molecule has 1 heterocycles. The lowest BCUT2D eigenvalue weighted by Gasteiger charge is -2.16. The third kappa shape index (κ3) is 4.90. The van der Waals surface area contributed by atoms with Crippen LogP contribution in [0.15, 0.2) is 24.3 Å². The van der Waals surface area contributed by atoms with Crippen molar-refractivity contribution in [3.8, 4) is 5.75 Å². The van der Waals surface area contributed by atoms with Crippen LogP contribution in [0.25, 0.3) is 0 Å². The number of rotatable bonds is 7. The molecule has 21 heavy (non-hydrogen) atoms. The van der Waals surface area contributed by atoms with Crippen LogP contribution in [0.4, 0.5) is 0 Å². The lowest BCUT2D eigenvalue weighted by atomic mass is 10.1. The number of ether oxygens (including phenoxy) is 1. The largest absolute Gasteiger partial charge is 0.492 e. The van der Waals surface area contributed by atoms with Crippen LogP contribution >= 0.6 is 11.6 Å².